The van der Waals surface area contributed by atoms with E-state index in [1.165, 1.54) is 4.88 Å². The van der Waals surface area contributed by atoms with Gasteiger partial charge in [0, 0.05) is 27.4 Å². The number of hydrogen-bond acceptors (Lipinski definition) is 3. The molecule has 1 aromatic heterocycles. The molecule has 2 nitrogen and oxygen atoms in total. The van der Waals surface area contributed by atoms with Crippen LogP contribution >= 0.6 is 34.5 Å². The summed E-state index contributed by atoms with van der Waals surface area (Å²) in [6, 6.07) is 5.77. The lowest BCUT2D eigenvalue weighted by Gasteiger charge is -2.19. The van der Waals surface area contributed by atoms with E-state index in [9.17, 15) is 0 Å². The Balaban J connectivity index is 2.27. The SMILES string of the molecule is CCCNC(Cc1nc(C)c(C)s1)c1cc(Cl)ccc1Cl. The molecule has 0 aliphatic heterocycles. The van der Waals surface area contributed by atoms with Crippen molar-refractivity contribution < 1.29 is 0 Å². The molecule has 1 heterocycles. The minimum Gasteiger partial charge on any atom is -0.310 e. The molecule has 0 spiro atoms. The number of rotatable bonds is 6. The lowest BCUT2D eigenvalue weighted by molar-refractivity contribution is 0.528. The second-order valence-electron chi connectivity index (χ2n) is 5.13. The fourth-order valence-electron chi connectivity index (χ4n) is 2.19. The average molecular weight is 343 g/mol. The summed E-state index contributed by atoms with van der Waals surface area (Å²) in [5, 5.41) is 6.15. The van der Waals surface area contributed by atoms with Crippen LogP contribution in [-0.4, -0.2) is 11.5 Å². The van der Waals surface area contributed by atoms with Crippen molar-refractivity contribution in [2.45, 2.75) is 39.7 Å². The number of thiazole rings is 1. The Kier molecular flexibility index (Phi) is 6.06. The van der Waals surface area contributed by atoms with Crippen molar-refractivity contribution in [2.75, 3.05) is 6.54 Å². The van der Waals surface area contributed by atoms with Gasteiger partial charge >= 0.3 is 0 Å². The summed E-state index contributed by atoms with van der Waals surface area (Å²) in [5.41, 5.74) is 2.16. The number of halogens is 2. The van der Waals surface area contributed by atoms with E-state index in [1.54, 1.807) is 11.3 Å². The van der Waals surface area contributed by atoms with Gasteiger partial charge < -0.3 is 5.32 Å². The Hall–Kier alpha value is -0.610. The fourth-order valence-corrected chi connectivity index (χ4v) is 3.60. The van der Waals surface area contributed by atoms with Crippen LogP contribution in [-0.2, 0) is 6.42 Å². The van der Waals surface area contributed by atoms with Crippen molar-refractivity contribution in [3.05, 3.63) is 49.4 Å². The minimum absolute atomic E-state index is 0.140. The van der Waals surface area contributed by atoms with Crippen LogP contribution < -0.4 is 5.32 Å². The zero-order valence-corrected chi connectivity index (χ0v) is 14.9. The van der Waals surface area contributed by atoms with Crippen LogP contribution in [0.2, 0.25) is 10.0 Å². The molecule has 114 valence electrons. The molecule has 0 bridgehead atoms. The summed E-state index contributed by atoms with van der Waals surface area (Å²) in [6.07, 6.45) is 1.91. The average Bonchev–Trinajstić information content (AvgIpc) is 2.76. The molecular formula is C16H20Cl2N2S. The number of nitrogens with one attached hydrogen (secondary N) is 1. The van der Waals surface area contributed by atoms with Gasteiger partial charge in [-0.3, -0.25) is 0 Å². The molecule has 1 atom stereocenters. The van der Waals surface area contributed by atoms with Gasteiger partial charge in [-0.15, -0.1) is 11.3 Å². The van der Waals surface area contributed by atoms with E-state index in [1.807, 2.05) is 18.2 Å². The molecule has 0 saturated carbocycles. The van der Waals surface area contributed by atoms with Crippen molar-refractivity contribution in [3.8, 4) is 0 Å². The van der Waals surface area contributed by atoms with Crippen LogP contribution in [0.3, 0.4) is 0 Å². The maximum atomic E-state index is 6.36. The van der Waals surface area contributed by atoms with Gasteiger partial charge in [0.2, 0.25) is 0 Å². The Morgan fingerprint density at radius 3 is 2.67 bits per heavy atom. The third kappa shape index (κ3) is 4.43. The molecule has 0 aliphatic rings. The van der Waals surface area contributed by atoms with Crippen LogP contribution in [0, 0.1) is 13.8 Å². The van der Waals surface area contributed by atoms with E-state index in [0.717, 1.165) is 40.7 Å². The molecule has 21 heavy (non-hydrogen) atoms. The van der Waals surface area contributed by atoms with Gasteiger partial charge in [0.15, 0.2) is 0 Å². The first-order chi connectivity index (χ1) is 10.0. The van der Waals surface area contributed by atoms with Gasteiger partial charge in [-0.2, -0.15) is 0 Å². The highest BCUT2D eigenvalue weighted by molar-refractivity contribution is 7.11. The largest absolute Gasteiger partial charge is 0.310 e. The monoisotopic (exact) mass is 342 g/mol. The second kappa shape index (κ2) is 7.59. The number of aromatic nitrogens is 1. The number of nitrogens with zero attached hydrogens (tertiary/aromatic N) is 1. The minimum atomic E-state index is 0.140. The van der Waals surface area contributed by atoms with Crippen molar-refractivity contribution in [2.24, 2.45) is 0 Å². The highest BCUT2D eigenvalue weighted by atomic mass is 35.5. The van der Waals surface area contributed by atoms with Crippen molar-refractivity contribution in [3.63, 3.8) is 0 Å². The number of aryl methyl sites for hydroxylation is 2. The molecule has 0 saturated heterocycles. The lowest BCUT2D eigenvalue weighted by atomic mass is 10.0. The van der Waals surface area contributed by atoms with Gasteiger partial charge in [0.1, 0.15) is 0 Å². The summed E-state index contributed by atoms with van der Waals surface area (Å²) in [5.74, 6) is 0. The van der Waals surface area contributed by atoms with E-state index in [2.05, 4.69) is 31.1 Å². The summed E-state index contributed by atoms with van der Waals surface area (Å²) in [6.45, 7) is 7.26. The van der Waals surface area contributed by atoms with Gasteiger partial charge in [-0.25, -0.2) is 4.98 Å². The van der Waals surface area contributed by atoms with Gasteiger partial charge in [-0.05, 0) is 50.6 Å². The zero-order valence-electron chi connectivity index (χ0n) is 12.5. The molecule has 1 N–H and O–H groups in total. The van der Waals surface area contributed by atoms with Crippen LogP contribution in [0.4, 0.5) is 0 Å². The Labute approximate surface area is 140 Å². The summed E-state index contributed by atoms with van der Waals surface area (Å²) in [4.78, 5) is 5.91. The molecular weight excluding hydrogens is 323 g/mol. The quantitative estimate of drug-likeness (QED) is 0.765. The molecule has 5 heteroatoms. The first kappa shape index (κ1) is 16.8. The molecule has 1 unspecified atom stereocenters. The van der Waals surface area contributed by atoms with E-state index in [-0.39, 0.29) is 6.04 Å². The molecule has 1 aromatic carbocycles. The predicted octanol–water partition coefficient (Wildman–Crippen LogP) is 5.35. The smallest absolute Gasteiger partial charge is 0.0949 e. The molecule has 0 amide bonds. The van der Waals surface area contributed by atoms with Crippen molar-refractivity contribution in [1.29, 1.82) is 0 Å². The lowest BCUT2D eigenvalue weighted by Crippen LogP contribution is -2.24. The maximum absolute atomic E-state index is 6.36. The topological polar surface area (TPSA) is 24.9 Å². The van der Waals surface area contributed by atoms with Crippen LogP contribution in [0.1, 0.15) is 40.5 Å². The number of benzene rings is 1. The second-order valence-corrected chi connectivity index (χ2v) is 7.26. The van der Waals surface area contributed by atoms with Crippen molar-refractivity contribution in [1.82, 2.24) is 10.3 Å². The highest BCUT2D eigenvalue weighted by Gasteiger charge is 2.17. The summed E-state index contributed by atoms with van der Waals surface area (Å²) < 4.78 is 0. The predicted molar refractivity (Wildman–Crippen MR) is 92.8 cm³/mol. The standard InChI is InChI=1S/C16H20Cl2N2S/c1-4-7-19-15(9-16-20-10(2)11(3)21-16)13-8-12(17)5-6-14(13)18/h5-6,8,15,19H,4,7,9H2,1-3H3. The molecule has 0 radical (unpaired) electrons. The molecule has 2 rings (SSSR count). The Morgan fingerprint density at radius 2 is 2.05 bits per heavy atom. The zero-order chi connectivity index (χ0) is 15.4. The van der Waals surface area contributed by atoms with Crippen LogP contribution in [0.15, 0.2) is 18.2 Å². The van der Waals surface area contributed by atoms with Gasteiger partial charge in [-0.1, -0.05) is 30.1 Å². The first-order valence-corrected chi connectivity index (χ1v) is 8.69. The van der Waals surface area contributed by atoms with E-state index in [4.69, 9.17) is 23.2 Å². The normalized spacial score (nSPS) is 12.6. The Bertz CT molecular complexity index is 591. The van der Waals surface area contributed by atoms with E-state index >= 15 is 0 Å². The third-order valence-corrected chi connectivity index (χ3v) is 5.10. The third-order valence-electron chi connectivity index (χ3n) is 3.43. The molecule has 0 aliphatic carbocycles. The van der Waals surface area contributed by atoms with Gasteiger partial charge in [0.25, 0.3) is 0 Å². The van der Waals surface area contributed by atoms with Crippen LogP contribution in [0.5, 0.6) is 0 Å². The maximum Gasteiger partial charge on any atom is 0.0949 e. The van der Waals surface area contributed by atoms with Crippen LogP contribution in [0.25, 0.3) is 0 Å². The molecule has 2 aromatic rings. The summed E-state index contributed by atoms with van der Waals surface area (Å²) in [7, 11) is 0. The fraction of sp³-hybridized carbons (Fsp3) is 0.438. The highest BCUT2D eigenvalue weighted by Crippen LogP contribution is 2.30. The summed E-state index contributed by atoms with van der Waals surface area (Å²) >= 11 is 14.2. The Morgan fingerprint density at radius 1 is 1.29 bits per heavy atom. The first-order valence-electron chi connectivity index (χ1n) is 7.12. The number of hydrogen-bond donors (Lipinski definition) is 1. The van der Waals surface area contributed by atoms with Crippen molar-refractivity contribution >= 4 is 34.5 Å². The van der Waals surface area contributed by atoms with Gasteiger partial charge in [0.05, 0.1) is 10.7 Å². The van der Waals surface area contributed by atoms with E-state index < -0.39 is 0 Å². The van der Waals surface area contributed by atoms with E-state index in [0.29, 0.717) is 5.02 Å². The molecule has 0 fully saturated rings.